The molecule has 2 aromatic heterocycles. The lowest BCUT2D eigenvalue weighted by Crippen LogP contribution is -2.30. The van der Waals surface area contributed by atoms with Gasteiger partial charge in [-0.2, -0.15) is 5.10 Å². The van der Waals surface area contributed by atoms with E-state index in [9.17, 15) is 9.59 Å². The lowest BCUT2D eigenvalue weighted by atomic mass is 10.1. The first-order chi connectivity index (χ1) is 18.0. The number of methoxy groups -OCH3 is 2. The average molecular weight is 502 g/mol. The molecule has 0 spiro atoms. The second-order valence-electron chi connectivity index (χ2n) is 8.67. The molecule has 1 saturated heterocycles. The van der Waals surface area contributed by atoms with Crippen LogP contribution in [0.1, 0.15) is 39.6 Å². The Labute approximate surface area is 213 Å². The Balaban J connectivity index is 1.46. The van der Waals surface area contributed by atoms with Crippen molar-refractivity contribution >= 4 is 34.4 Å². The number of anilines is 2. The highest BCUT2D eigenvalue weighted by Crippen LogP contribution is 2.37. The molecule has 11 nitrogen and oxygen atoms in total. The summed E-state index contributed by atoms with van der Waals surface area (Å²) in [5, 5.41) is 11.8. The van der Waals surface area contributed by atoms with Crippen LogP contribution in [0, 0.1) is 0 Å². The molecule has 4 aromatic rings. The fourth-order valence-electron chi connectivity index (χ4n) is 4.52. The third-order valence-electron chi connectivity index (χ3n) is 6.46. The normalized spacial score (nSPS) is 13.9. The lowest BCUT2D eigenvalue weighted by Gasteiger charge is -2.23. The summed E-state index contributed by atoms with van der Waals surface area (Å²) in [5.41, 5.74) is 9.61. The van der Waals surface area contributed by atoms with E-state index in [1.54, 1.807) is 24.3 Å². The minimum atomic E-state index is -0.467. The predicted molar refractivity (Wildman–Crippen MR) is 139 cm³/mol. The fourth-order valence-corrected chi connectivity index (χ4v) is 4.52. The van der Waals surface area contributed by atoms with Crippen molar-refractivity contribution in [3.05, 3.63) is 59.9 Å². The van der Waals surface area contributed by atoms with Crippen LogP contribution in [0.4, 0.5) is 11.5 Å². The largest absolute Gasteiger partial charge is 0.495 e. The van der Waals surface area contributed by atoms with Gasteiger partial charge in [-0.05, 0) is 62.3 Å². The van der Waals surface area contributed by atoms with Crippen molar-refractivity contribution in [2.75, 3.05) is 38.4 Å². The first kappa shape index (κ1) is 24.2. The molecule has 5 rings (SSSR count). The SMILES string of the molecule is COC(=O)c1ccc(C(=O)Nc2ccc(-c3nn(C4CCNCC4)c4ncnc(N)c34)cc2OC)cc1. The molecule has 0 unspecified atom stereocenters. The van der Waals surface area contributed by atoms with E-state index in [4.69, 9.17) is 20.3 Å². The van der Waals surface area contributed by atoms with E-state index >= 15 is 0 Å². The van der Waals surface area contributed by atoms with Gasteiger partial charge >= 0.3 is 5.97 Å². The molecule has 0 aliphatic carbocycles. The van der Waals surface area contributed by atoms with Gasteiger partial charge in [0.25, 0.3) is 5.91 Å². The Kier molecular flexibility index (Phi) is 6.69. The quantitative estimate of drug-likeness (QED) is 0.339. The summed E-state index contributed by atoms with van der Waals surface area (Å²) in [6.07, 6.45) is 3.34. The van der Waals surface area contributed by atoms with E-state index in [-0.39, 0.29) is 11.9 Å². The van der Waals surface area contributed by atoms with Crippen LogP contribution in [0.15, 0.2) is 48.8 Å². The number of carbonyl (C=O) groups excluding carboxylic acids is 2. The van der Waals surface area contributed by atoms with Gasteiger partial charge in [0.05, 0.1) is 36.9 Å². The monoisotopic (exact) mass is 501 g/mol. The maximum Gasteiger partial charge on any atom is 0.337 e. The Morgan fingerprint density at radius 1 is 1.05 bits per heavy atom. The van der Waals surface area contributed by atoms with Crippen molar-refractivity contribution in [1.29, 1.82) is 0 Å². The average Bonchev–Trinajstić information content (AvgIpc) is 3.34. The number of hydrogen-bond acceptors (Lipinski definition) is 9. The van der Waals surface area contributed by atoms with Gasteiger partial charge in [0.1, 0.15) is 23.6 Å². The highest BCUT2D eigenvalue weighted by Gasteiger charge is 2.24. The molecule has 2 aromatic carbocycles. The maximum atomic E-state index is 12.8. The lowest BCUT2D eigenvalue weighted by molar-refractivity contribution is 0.0600. The van der Waals surface area contributed by atoms with E-state index in [0.717, 1.165) is 31.5 Å². The highest BCUT2D eigenvalue weighted by atomic mass is 16.5. The molecule has 4 N–H and O–H groups in total. The summed E-state index contributed by atoms with van der Waals surface area (Å²) < 4.78 is 12.2. The Morgan fingerprint density at radius 2 is 1.78 bits per heavy atom. The molecule has 190 valence electrons. The number of nitrogen functional groups attached to an aromatic ring is 1. The van der Waals surface area contributed by atoms with Gasteiger partial charge < -0.3 is 25.8 Å². The van der Waals surface area contributed by atoms with Crippen LogP contribution in [-0.4, -0.2) is 58.9 Å². The van der Waals surface area contributed by atoms with Crippen LogP contribution in [-0.2, 0) is 4.74 Å². The number of ether oxygens (including phenoxy) is 2. The topological polar surface area (TPSA) is 146 Å². The van der Waals surface area contributed by atoms with E-state index < -0.39 is 5.97 Å². The summed E-state index contributed by atoms with van der Waals surface area (Å²) in [6.45, 7) is 1.82. The van der Waals surface area contributed by atoms with E-state index in [0.29, 0.717) is 45.1 Å². The number of benzene rings is 2. The number of piperidine rings is 1. The van der Waals surface area contributed by atoms with Crippen molar-refractivity contribution in [1.82, 2.24) is 25.1 Å². The fraction of sp³-hybridized carbons (Fsp3) is 0.269. The van der Waals surface area contributed by atoms with Gasteiger partial charge in [-0.25, -0.2) is 19.4 Å². The molecule has 0 saturated carbocycles. The minimum Gasteiger partial charge on any atom is -0.495 e. The molecule has 0 radical (unpaired) electrons. The smallest absolute Gasteiger partial charge is 0.337 e. The molecule has 1 amide bonds. The summed E-state index contributed by atoms with van der Waals surface area (Å²) in [5.74, 6) is -0.00457. The zero-order valence-corrected chi connectivity index (χ0v) is 20.5. The standard InChI is InChI=1S/C26H27N7O4/c1-36-20-13-17(7-8-19(20)31-25(34)15-3-5-16(6-4-15)26(35)37-2)22-21-23(27)29-14-30-24(21)33(32-22)18-9-11-28-12-10-18/h3-8,13-14,18,28H,9-12H2,1-2H3,(H,31,34)(H2,27,29,30). The van der Waals surface area contributed by atoms with Crippen LogP contribution in [0.3, 0.4) is 0 Å². The predicted octanol–water partition coefficient (Wildman–Crippen LogP) is 3.05. The number of aromatic nitrogens is 4. The first-order valence-electron chi connectivity index (χ1n) is 11.9. The highest BCUT2D eigenvalue weighted by molar-refractivity contribution is 6.06. The zero-order chi connectivity index (χ0) is 25.9. The summed E-state index contributed by atoms with van der Waals surface area (Å²) in [6, 6.07) is 11.8. The van der Waals surface area contributed by atoms with Gasteiger partial charge in [-0.1, -0.05) is 6.07 Å². The van der Waals surface area contributed by atoms with Crippen molar-refractivity contribution in [3.8, 4) is 17.0 Å². The number of esters is 1. The van der Waals surface area contributed by atoms with Gasteiger partial charge in [0.15, 0.2) is 5.65 Å². The number of nitrogens with zero attached hydrogens (tertiary/aromatic N) is 4. The molecule has 1 fully saturated rings. The molecule has 37 heavy (non-hydrogen) atoms. The third-order valence-corrected chi connectivity index (χ3v) is 6.46. The number of fused-ring (bicyclic) bond motifs is 1. The molecule has 1 aliphatic heterocycles. The maximum absolute atomic E-state index is 12.8. The molecule has 3 heterocycles. The molecule has 11 heteroatoms. The van der Waals surface area contributed by atoms with Crippen molar-refractivity contribution in [2.24, 2.45) is 0 Å². The van der Waals surface area contributed by atoms with Crippen LogP contribution >= 0.6 is 0 Å². The molecule has 0 bridgehead atoms. The number of nitrogens with two attached hydrogens (primary N) is 1. The van der Waals surface area contributed by atoms with E-state index in [1.165, 1.54) is 32.7 Å². The number of amides is 1. The van der Waals surface area contributed by atoms with E-state index in [2.05, 4.69) is 20.6 Å². The minimum absolute atomic E-state index is 0.206. The van der Waals surface area contributed by atoms with Crippen molar-refractivity contribution in [2.45, 2.75) is 18.9 Å². The molecule has 0 atom stereocenters. The molecular weight excluding hydrogens is 474 g/mol. The van der Waals surface area contributed by atoms with Gasteiger partial charge in [0.2, 0.25) is 0 Å². The van der Waals surface area contributed by atoms with Gasteiger partial charge in [0, 0.05) is 11.1 Å². The number of rotatable bonds is 6. The van der Waals surface area contributed by atoms with Gasteiger partial charge in [-0.3, -0.25) is 4.79 Å². The number of carbonyl (C=O) groups is 2. The Bertz CT molecular complexity index is 1460. The summed E-state index contributed by atoms with van der Waals surface area (Å²) >= 11 is 0. The zero-order valence-electron chi connectivity index (χ0n) is 20.5. The number of hydrogen-bond donors (Lipinski definition) is 3. The first-order valence-corrected chi connectivity index (χ1v) is 11.9. The second kappa shape index (κ2) is 10.2. The van der Waals surface area contributed by atoms with Crippen LogP contribution < -0.4 is 21.1 Å². The Morgan fingerprint density at radius 3 is 2.49 bits per heavy atom. The van der Waals surface area contributed by atoms with Crippen molar-refractivity contribution < 1.29 is 19.1 Å². The molecule has 1 aliphatic rings. The van der Waals surface area contributed by atoms with Crippen LogP contribution in [0.25, 0.3) is 22.3 Å². The second-order valence-corrected chi connectivity index (χ2v) is 8.67. The third kappa shape index (κ3) is 4.68. The van der Waals surface area contributed by atoms with Crippen molar-refractivity contribution in [3.63, 3.8) is 0 Å². The Hall–Kier alpha value is -4.51. The van der Waals surface area contributed by atoms with Gasteiger partial charge in [-0.15, -0.1) is 0 Å². The van der Waals surface area contributed by atoms with Crippen LogP contribution in [0.2, 0.25) is 0 Å². The van der Waals surface area contributed by atoms with Crippen LogP contribution in [0.5, 0.6) is 5.75 Å². The summed E-state index contributed by atoms with van der Waals surface area (Å²) in [7, 11) is 2.84. The summed E-state index contributed by atoms with van der Waals surface area (Å²) in [4.78, 5) is 33.2. The number of nitrogens with one attached hydrogen (secondary N) is 2. The van der Waals surface area contributed by atoms with E-state index in [1.807, 2.05) is 10.7 Å². The molecular formula is C26H27N7O4.